The Labute approximate surface area is 389 Å². The molecule has 8 N–H and O–H groups in total. The number of rotatable bonds is 13. The molecular formula is C56H59ClN4O4. The minimum absolute atomic E-state index is 0.250. The average molecular weight is 888 g/mol. The second-order valence-corrected chi connectivity index (χ2v) is 14.6. The lowest BCUT2D eigenvalue weighted by Gasteiger charge is -2.18. The van der Waals surface area contributed by atoms with E-state index < -0.39 is 5.97 Å². The number of nitrogens with two attached hydrogens (primary N) is 2. The molecule has 8 nitrogen and oxygen atoms in total. The molecule has 6 aromatic rings. The van der Waals surface area contributed by atoms with E-state index in [0.717, 1.165) is 57.9 Å². The first-order chi connectivity index (χ1) is 31.4. The van der Waals surface area contributed by atoms with Gasteiger partial charge >= 0.3 is 5.97 Å². The van der Waals surface area contributed by atoms with Gasteiger partial charge in [0.15, 0.2) is 0 Å². The third kappa shape index (κ3) is 14.2. The molecule has 6 rings (SSSR count). The third-order valence-electron chi connectivity index (χ3n) is 10.2. The fraction of sp³-hybridized carbons (Fsp3) is 0.143. The normalized spacial score (nSPS) is 11.4. The number of carboxylic acids is 1. The van der Waals surface area contributed by atoms with E-state index in [0.29, 0.717) is 27.5 Å². The predicted molar refractivity (Wildman–Crippen MR) is 277 cm³/mol. The van der Waals surface area contributed by atoms with Crippen LogP contribution in [-0.2, 0) is 9.59 Å². The van der Waals surface area contributed by atoms with Gasteiger partial charge < -0.3 is 32.5 Å². The van der Waals surface area contributed by atoms with Crippen molar-refractivity contribution in [1.29, 1.82) is 10.8 Å². The molecule has 65 heavy (non-hydrogen) atoms. The van der Waals surface area contributed by atoms with Crippen LogP contribution in [0.2, 0.25) is 5.02 Å². The number of hydrogen-bond donors (Lipinski definition) is 6. The standard InChI is InChI=1S/C27H28N2.C26H23ClN2O2.C2H6.CH2O2/c1-4-9-20-12-13-22(16-19(20)3)27(23-14-15-26(29)24(17-23)18-28)25(5-2)21-10-7-6-8-11-21;1-2-22(17-6-4-3-5-7-17)26(19-10-12-24(29)21(14-19)16-28)20-9-8-18(23(27)15-20)11-13-25(30)31;1-2;2-1-3/h4,6-18,28H,5,29H2,1-3H3;3-16,28H,2,29H2,1H3,(H,30,31);1-2H3;1H,(H,2,3)/b9-4+,27-25+,28-18?;13-11+,26-22-,28-16?;;. The van der Waals surface area contributed by atoms with Gasteiger partial charge in [-0.2, -0.15) is 0 Å². The first-order valence-corrected chi connectivity index (χ1v) is 21.7. The van der Waals surface area contributed by atoms with Crippen LogP contribution in [-0.4, -0.2) is 35.1 Å². The summed E-state index contributed by atoms with van der Waals surface area (Å²) in [7, 11) is 0. The van der Waals surface area contributed by atoms with E-state index in [4.69, 9.17) is 48.9 Å². The van der Waals surface area contributed by atoms with E-state index in [9.17, 15) is 4.79 Å². The predicted octanol–water partition coefficient (Wildman–Crippen LogP) is 14.1. The summed E-state index contributed by atoms with van der Waals surface area (Å²) in [6.07, 6.45) is 11.0. The molecule has 0 fully saturated rings. The van der Waals surface area contributed by atoms with Gasteiger partial charge in [-0.25, -0.2) is 4.79 Å². The van der Waals surface area contributed by atoms with Gasteiger partial charge in [-0.15, -0.1) is 0 Å². The summed E-state index contributed by atoms with van der Waals surface area (Å²) >= 11 is 6.50. The van der Waals surface area contributed by atoms with Gasteiger partial charge in [-0.3, -0.25) is 4.79 Å². The number of benzene rings is 6. The van der Waals surface area contributed by atoms with E-state index in [2.05, 4.69) is 93.6 Å². The van der Waals surface area contributed by atoms with Crippen molar-refractivity contribution in [2.24, 2.45) is 0 Å². The van der Waals surface area contributed by atoms with Gasteiger partial charge in [0.2, 0.25) is 0 Å². The van der Waals surface area contributed by atoms with E-state index in [-0.39, 0.29) is 6.47 Å². The molecule has 0 radical (unpaired) electrons. The number of halogens is 1. The van der Waals surface area contributed by atoms with Crippen molar-refractivity contribution < 1.29 is 19.8 Å². The Morgan fingerprint density at radius 2 is 1.00 bits per heavy atom. The maximum Gasteiger partial charge on any atom is 0.328 e. The fourth-order valence-corrected chi connectivity index (χ4v) is 7.49. The molecule has 0 unspecified atom stereocenters. The zero-order valence-corrected chi connectivity index (χ0v) is 38.7. The zero-order chi connectivity index (χ0) is 47.9. The molecule has 0 bridgehead atoms. The molecule has 0 spiro atoms. The number of carbonyl (C=O) groups is 2. The lowest BCUT2D eigenvalue weighted by molar-refractivity contribution is -0.131. The highest BCUT2D eigenvalue weighted by atomic mass is 35.5. The summed E-state index contributed by atoms with van der Waals surface area (Å²) in [5.74, 6) is -1.03. The largest absolute Gasteiger partial charge is 0.483 e. The maximum atomic E-state index is 10.9. The topological polar surface area (TPSA) is 174 Å². The van der Waals surface area contributed by atoms with Crippen LogP contribution in [0, 0.1) is 17.7 Å². The number of allylic oxidation sites excluding steroid dienone is 3. The highest BCUT2D eigenvalue weighted by Gasteiger charge is 2.17. The first-order valence-electron chi connectivity index (χ1n) is 21.3. The van der Waals surface area contributed by atoms with Gasteiger partial charge in [0.1, 0.15) is 0 Å². The van der Waals surface area contributed by atoms with Crippen molar-refractivity contribution in [2.45, 2.75) is 54.4 Å². The Bertz CT molecular complexity index is 2680. The van der Waals surface area contributed by atoms with Crippen molar-refractivity contribution in [3.05, 3.63) is 212 Å². The molecular weight excluding hydrogens is 828 g/mol. The molecule has 6 aromatic carbocycles. The highest BCUT2D eigenvalue weighted by Crippen LogP contribution is 2.38. The van der Waals surface area contributed by atoms with Crippen LogP contribution in [0.5, 0.6) is 0 Å². The molecule has 0 aromatic heterocycles. The van der Waals surface area contributed by atoms with Gasteiger partial charge in [0.25, 0.3) is 6.47 Å². The Hall–Kier alpha value is -7.55. The molecule has 0 aliphatic rings. The summed E-state index contributed by atoms with van der Waals surface area (Å²) < 4.78 is 0. The lowest BCUT2D eigenvalue weighted by Crippen LogP contribution is -1.99. The second kappa shape index (κ2) is 26.8. The van der Waals surface area contributed by atoms with Gasteiger partial charge in [-0.1, -0.05) is 155 Å². The first kappa shape index (κ1) is 51.8. The molecule has 0 saturated heterocycles. The zero-order valence-electron chi connectivity index (χ0n) is 37.9. The quantitative estimate of drug-likeness (QED) is 0.0221. The van der Waals surface area contributed by atoms with Crippen LogP contribution < -0.4 is 11.5 Å². The van der Waals surface area contributed by atoms with Crippen molar-refractivity contribution >= 4 is 82.3 Å². The van der Waals surface area contributed by atoms with Gasteiger partial charge in [0, 0.05) is 46.0 Å². The molecule has 0 amide bonds. The van der Waals surface area contributed by atoms with E-state index >= 15 is 0 Å². The van der Waals surface area contributed by atoms with E-state index in [1.807, 2.05) is 87.5 Å². The Kier molecular flexibility index (Phi) is 21.4. The van der Waals surface area contributed by atoms with Crippen molar-refractivity contribution in [1.82, 2.24) is 0 Å². The third-order valence-corrected chi connectivity index (χ3v) is 10.5. The molecule has 334 valence electrons. The lowest BCUT2D eigenvalue weighted by atomic mass is 9.86. The van der Waals surface area contributed by atoms with Crippen molar-refractivity contribution in [2.75, 3.05) is 11.5 Å². The molecule has 0 heterocycles. The summed E-state index contributed by atoms with van der Waals surface area (Å²) in [6, 6.07) is 44.5. The molecule has 0 aliphatic carbocycles. The SMILES string of the molecule is C/C=C/c1ccc(/C(=C(/CC)c2ccccc2)c2ccc(N)c(C=N)c2)cc1C.CC.CC/C(=C(/c1ccc(/C=C/C(=O)O)c(Cl)c1)c1ccc(N)c(C=N)c1)c1ccccc1.O=CO. The van der Waals surface area contributed by atoms with Crippen LogP contribution in [0.3, 0.4) is 0 Å². The maximum absolute atomic E-state index is 10.9. The van der Waals surface area contributed by atoms with Crippen molar-refractivity contribution in [3.63, 3.8) is 0 Å². The molecule has 0 aliphatic heterocycles. The number of nitrogen functional groups attached to an aromatic ring is 2. The molecule has 0 atom stereocenters. The fourth-order valence-electron chi connectivity index (χ4n) is 7.25. The number of aliphatic carboxylic acids is 1. The Morgan fingerprint density at radius 1 is 0.600 bits per heavy atom. The van der Waals surface area contributed by atoms with Crippen LogP contribution >= 0.6 is 11.6 Å². The highest BCUT2D eigenvalue weighted by molar-refractivity contribution is 6.32. The molecule has 9 heteroatoms. The van der Waals surface area contributed by atoms with E-state index in [1.165, 1.54) is 51.9 Å². The second-order valence-electron chi connectivity index (χ2n) is 14.2. The van der Waals surface area contributed by atoms with Crippen LogP contribution in [0.25, 0.3) is 34.4 Å². The smallest absolute Gasteiger partial charge is 0.328 e. The number of aryl methyl sites for hydroxylation is 1. The van der Waals surface area contributed by atoms with Crippen molar-refractivity contribution in [3.8, 4) is 0 Å². The number of carboxylic acid groups (broad SMARTS) is 2. The summed E-state index contributed by atoms with van der Waals surface area (Å²) in [5, 5.41) is 31.7. The molecule has 0 saturated carbocycles. The Morgan fingerprint density at radius 3 is 1.37 bits per heavy atom. The number of anilines is 2. The summed E-state index contributed by atoms with van der Waals surface area (Å²) in [6.45, 7) is 12.2. The van der Waals surface area contributed by atoms with Gasteiger partial charge in [0.05, 0.1) is 0 Å². The number of hydrogen-bond acceptors (Lipinski definition) is 6. The summed E-state index contributed by atoms with van der Waals surface area (Å²) in [5.41, 5.74) is 28.7. The monoisotopic (exact) mass is 886 g/mol. The summed E-state index contributed by atoms with van der Waals surface area (Å²) in [4.78, 5) is 19.2. The van der Waals surface area contributed by atoms with Crippen LogP contribution in [0.15, 0.2) is 146 Å². The average Bonchev–Trinajstić information content (AvgIpc) is 3.32. The van der Waals surface area contributed by atoms with Crippen LogP contribution in [0.1, 0.15) is 109 Å². The minimum atomic E-state index is -1.03. The number of nitrogens with one attached hydrogen (secondary N) is 2. The minimum Gasteiger partial charge on any atom is -0.483 e. The van der Waals surface area contributed by atoms with Crippen LogP contribution in [0.4, 0.5) is 11.4 Å². The van der Waals surface area contributed by atoms with Gasteiger partial charge in [-0.05, 0) is 135 Å². The van der Waals surface area contributed by atoms with E-state index in [1.54, 1.807) is 6.07 Å². The Balaban J connectivity index is 0.000000315.